The predicted molar refractivity (Wildman–Crippen MR) is 117 cm³/mol. The summed E-state index contributed by atoms with van der Waals surface area (Å²) in [5, 5.41) is 1.02. The first kappa shape index (κ1) is 17.9. The van der Waals surface area contributed by atoms with E-state index in [1.54, 1.807) is 11.3 Å². The fourth-order valence-corrected chi connectivity index (χ4v) is 4.37. The molecule has 0 aliphatic carbocycles. The zero-order valence-corrected chi connectivity index (χ0v) is 16.7. The number of rotatable bonds is 5. The van der Waals surface area contributed by atoms with E-state index in [0.717, 1.165) is 47.1 Å². The molecule has 2 aromatic heterocycles. The van der Waals surface area contributed by atoms with Gasteiger partial charge in [0.25, 0.3) is 0 Å². The molecule has 3 aromatic rings. The highest BCUT2D eigenvalue weighted by Crippen LogP contribution is 2.32. The van der Waals surface area contributed by atoms with E-state index in [9.17, 15) is 0 Å². The Morgan fingerprint density at radius 3 is 2.78 bits per heavy atom. The van der Waals surface area contributed by atoms with Gasteiger partial charge in [0.1, 0.15) is 10.8 Å². The average Bonchev–Trinajstić information content (AvgIpc) is 3.38. The summed E-state index contributed by atoms with van der Waals surface area (Å²) in [4.78, 5) is 16.2. The number of hydrogen-bond donors (Lipinski definition) is 0. The molecule has 0 amide bonds. The van der Waals surface area contributed by atoms with Crippen LogP contribution in [-0.2, 0) is 0 Å². The van der Waals surface area contributed by atoms with Crippen LogP contribution in [0.25, 0.3) is 26.4 Å². The van der Waals surface area contributed by atoms with Crippen molar-refractivity contribution in [3.63, 3.8) is 0 Å². The number of nitrogens with zero attached hydrogens (tertiary/aromatic N) is 4. The number of pyridine rings is 1. The van der Waals surface area contributed by atoms with Crippen LogP contribution in [0.3, 0.4) is 0 Å². The summed E-state index contributed by atoms with van der Waals surface area (Å²) < 4.78 is 1.19. The molecular formula is C22H24N4S. The van der Waals surface area contributed by atoms with Gasteiger partial charge < -0.3 is 4.90 Å². The molecule has 4 rings (SSSR count). The number of allylic oxidation sites excluding steroid dienone is 2. The van der Waals surface area contributed by atoms with Gasteiger partial charge in [-0.3, -0.25) is 4.99 Å². The predicted octanol–water partition coefficient (Wildman–Crippen LogP) is 5.45. The van der Waals surface area contributed by atoms with Gasteiger partial charge in [-0.15, -0.1) is 11.3 Å². The van der Waals surface area contributed by atoms with Gasteiger partial charge >= 0.3 is 0 Å². The number of hydrogen-bond acceptors (Lipinski definition) is 5. The van der Waals surface area contributed by atoms with Gasteiger partial charge in [0.2, 0.25) is 0 Å². The van der Waals surface area contributed by atoms with E-state index in [4.69, 9.17) is 4.98 Å². The van der Waals surface area contributed by atoms with Gasteiger partial charge in [-0.05, 0) is 62.1 Å². The highest BCUT2D eigenvalue weighted by Gasteiger charge is 2.14. The molecule has 0 radical (unpaired) electrons. The maximum Gasteiger partial charge on any atom is 0.128 e. The molecule has 5 heteroatoms. The van der Waals surface area contributed by atoms with Crippen molar-refractivity contribution in [2.45, 2.75) is 26.7 Å². The number of thiazole rings is 1. The highest BCUT2D eigenvalue weighted by atomic mass is 32.1. The number of benzene rings is 1. The lowest BCUT2D eigenvalue weighted by Gasteiger charge is -2.15. The quantitative estimate of drug-likeness (QED) is 0.556. The zero-order chi connectivity index (χ0) is 18.6. The Bertz CT molecular complexity index is 979. The van der Waals surface area contributed by atoms with Gasteiger partial charge in [-0.25, -0.2) is 9.97 Å². The molecule has 1 fully saturated rings. The Morgan fingerprint density at radius 2 is 2.07 bits per heavy atom. The summed E-state index contributed by atoms with van der Waals surface area (Å²) in [7, 11) is 0. The summed E-state index contributed by atoms with van der Waals surface area (Å²) in [5.41, 5.74) is 4.44. The van der Waals surface area contributed by atoms with E-state index in [1.807, 2.05) is 26.3 Å². The number of anilines is 1. The van der Waals surface area contributed by atoms with E-state index in [-0.39, 0.29) is 0 Å². The fraction of sp³-hybridized carbons (Fsp3) is 0.318. The first-order valence-corrected chi connectivity index (χ1v) is 10.4. The Morgan fingerprint density at radius 1 is 1.22 bits per heavy atom. The fourth-order valence-electron chi connectivity index (χ4n) is 3.38. The van der Waals surface area contributed by atoms with Gasteiger partial charge in [-0.1, -0.05) is 12.1 Å². The summed E-state index contributed by atoms with van der Waals surface area (Å²) in [5.74, 6) is 1.08. The molecule has 27 heavy (non-hydrogen) atoms. The topological polar surface area (TPSA) is 41.4 Å². The molecule has 1 saturated heterocycles. The van der Waals surface area contributed by atoms with Crippen molar-refractivity contribution in [2.24, 2.45) is 4.99 Å². The van der Waals surface area contributed by atoms with Crippen molar-refractivity contribution < 1.29 is 0 Å². The molecule has 0 bridgehead atoms. The van der Waals surface area contributed by atoms with Crippen molar-refractivity contribution in [1.82, 2.24) is 9.97 Å². The summed E-state index contributed by atoms with van der Waals surface area (Å²) in [6, 6.07) is 10.7. The Labute approximate surface area is 164 Å². The minimum absolute atomic E-state index is 0.796. The Kier molecular flexibility index (Phi) is 5.30. The van der Waals surface area contributed by atoms with Crippen LogP contribution in [0.5, 0.6) is 0 Å². The number of fused-ring (bicyclic) bond motifs is 1. The smallest absolute Gasteiger partial charge is 0.128 e. The molecule has 4 nitrogen and oxygen atoms in total. The summed E-state index contributed by atoms with van der Waals surface area (Å²) in [6.07, 6.45) is 8.53. The van der Waals surface area contributed by atoms with Crippen molar-refractivity contribution in [3.05, 3.63) is 48.2 Å². The largest absolute Gasteiger partial charge is 0.357 e. The van der Waals surface area contributed by atoms with Gasteiger partial charge in [0, 0.05) is 37.6 Å². The normalized spacial score (nSPS) is 15.3. The number of aromatic nitrogens is 2. The molecule has 1 aliphatic rings. The maximum atomic E-state index is 4.81. The second-order valence-electron chi connectivity index (χ2n) is 6.67. The second kappa shape index (κ2) is 8.01. The van der Waals surface area contributed by atoms with E-state index in [2.05, 4.69) is 51.3 Å². The molecule has 1 aliphatic heterocycles. The van der Waals surface area contributed by atoms with Crippen molar-refractivity contribution in [1.29, 1.82) is 0 Å². The van der Waals surface area contributed by atoms with Crippen LogP contribution in [0.15, 0.2) is 47.6 Å². The van der Waals surface area contributed by atoms with Crippen LogP contribution in [0.1, 0.15) is 32.3 Å². The Balaban J connectivity index is 1.62. The summed E-state index contributed by atoms with van der Waals surface area (Å²) in [6.45, 7) is 7.12. The molecule has 0 saturated carbocycles. The molecule has 138 valence electrons. The van der Waals surface area contributed by atoms with E-state index >= 15 is 0 Å². The standard InChI is InChI=1S/C22H24N4S/c1-3-16(14-23-4-2)17-7-9-19-20(13-17)27-22(25-19)18-8-10-21(24-15-18)26-11-5-6-12-26/h3,7-10,13-15H,4-6,11-12H2,1-2H3/b16-3+,23-14?. The second-order valence-corrected chi connectivity index (χ2v) is 7.70. The van der Waals surface area contributed by atoms with Crippen LogP contribution < -0.4 is 4.90 Å². The molecule has 0 unspecified atom stereocenters. The average molecular weight is 377 g/mol. The SMILES string of the molecule is C/C=C(\C=NCC)c1ccc2nc(-c3ccc(N4CCCC4)nc3)sc2c1. The van der Waals surface area contributed by atoms with E-state index in [1.165, 1.54) is 23.1 Å². The van der Waals surface area contributed by atoms with Crippen LogP contribution >= 0.6 is 11.3 Å². The van der Waals surface area contributed by atoms with Crippen LogP contribution in [0.2, 0.25) is 0 Å². The molecule has 0 spiro atoms. The van der Waals surface area contributed by atoms with Crippen molar-refractivity contribution >= 4 is 39.2 Å². The third-order valence-electron chi connectivity index (χ3n) is 4.87. The Hall–Kier alpha value is -2.53. The minimum atomic E-state index is 0.796. The van der Waals surface area contributed by atoms with E-state index in [0.29, 0.717) is 0 Å². The highest BCUT2D eigenvalue weighted by molar-refractivity contribution is 7.21. The zero-order valence-electron chi connectivity index (χ0n) is 15.9. The first-order chi connectivity index (χ1) is 13.3. The van der Waals surface area contributed by atoms with Crippen LogP contribution in [-0.4, -0.2) is 35.8 Å². The van der Waals surface area contributed by atoms with Gasteiger partial charge in [0.05, 0.1) is 10.2 Å². The molecule has 0 N–H and O–H groups in total. The van der Waals surface area contributed by atoms with Crippen LogP contribution in [0, 0.1) is 0 Å². The van der Waals surface area contributed by atoms with Crippen LogP contribution in [0.4, 0.5) is 5.82 Å². The minimum Gasteiger partial charge on any atom is -0.357 e. The molecule has 3 heterocycles. The first-order valence-electron chi connectivity index (χ1n) is 9.57. The molecular weight excluding hydrogens is 352 g/mol. The lowest BCUT2D eigenvalue weighted by Crippen LogP contribution is -2.18. The maximum absolute atomic E-state index is 4.81. The molecule has 1 aromatic carbocycles. The third kappa shape index (κ3) is 3.78. The van der Waals surface area contributed by atoms with Crippen molar-refractivity contribution in [3.8, 4) is 10.6 Å². The number of aliphatic imine (C=N–C) groups is 1. The van der Waals surface area contributed by atoms with E-state index < -0.39 is 0 Å². The third-order valence-corrected chi connectivity index (χ3v) is 5.94. The monoisotopic (exact) mass is 376 g/mol. The molecule has 0 atom stereocenters. The summed E-state index contributed by atoms with van der Waals surface area (Å²) >= 11 is 1.72. The lowest BCUT2D eigenvalue weighted by atomic mass is 10.1. The van der Waals surface area contributed by atoms with Gasteiger partial charge in [0.15, 0.2) is 0 Å². The lowest BCUT2D eigenvalue weighted by molar-refractivity contribution is 0.938. The van der Waals surface area contributed by atoms with Crippen molar-refractivity contribution in [2.75, 3.05) is 24.5 Å². The van der Waals surface area contributed by atoms with Gasteiger partial charge in [-0.2, -0.15) is 0 Å².